The molecular formula is C16H23N3S. The maximum absolute atomic E-state index is 6.05. The number of fused-ring (bicyclic) bond motifs is 1. The summed E-state index contributed by atoms with van der Waals surface area (Å²) in [6.07, 6.45) is 5.92. The molecule has 3 rings (SSSR count). The highest BCUT2D eigenvalue weighted by molar-refractivity contribution is 7.11. The molecule has 1 aliphatic rings. The number of nitrogens with zero attached hydrogens (tertiary/aromatic N) is 2. The van der Waals surface area contributed by atoms with E-state index in [1.54, 1.807) is 11.5 Å². The Morgan fingerprint density at radius 2 is 2.00 bits per heavy atom. The van der Waals surface area contributed by atoms with Crippen LogP contribution in [0.1, 0.15) is 39.0 Å². The van der Waals surface area contributed by atoms with E-state index in [2.05, 4.69) is 40.5 Å². The first-order valence-corrected chi connectivity index (χ1v) is 8.43. The fourth-order valence-electron chi connectivity index (χ4n) is 3.19. The molecule has 0 bridgehead atoms. The van der Waals surface area contributed by atoms with Crippen LogP contribution >= 0.6 is 11.5 Å². The number of rotatable bonds is 4. The van der Waals surface area contributed by atoms with E-state index in [0.717, 1.165) is 24.9 Å². The van der Waals surface area contributed by atoms with Crippen molar-refractivity contribution >= 4 is 27.4 Å². The molecule has 2 N–H and O–H groups in total. The number of anilines is 1. The van der Waals surface area contributed by atoms with Gasteiger partial charge in [-0.1, -0.05) is 19.1 Å². The summed E-state index contributed by atoms with van der Waals surface area (Å²) < 4.78 is 4.61. The van der Waals surface area contributed by atoms with Crippen molar-refractivity contribution in [3.8, 4) is 0 Å². The smallest absolute Gasteiger partial charge is 0.120 e. The van der Waals surface area contributed by atoms with Crippen LogP contribution in [0.5, 0.6) is 0 Å². The van der Waals surface area contributed by atoms with E-state index in [1.807, 2.05) is 0 Å². The van der Waals surface area contributed by atoms with Crippen LogP contribution in [0.3, 0.4) is 0 Å². The zero-order valence-electron chi connectivity index (χ0n) is 12.1. The molecule has 0 aliphatic heterocycles. The van der Waals surface area contributed by atoms with Gasteiger partial charge in [-0.25, -0.2) is 0 Å². The molecule has 0 saturated heterocycles. The van der Waals surface area contributed by atoms with Crippen LogP contribution in [0, 0.1) is 0 Å². The number of hydrogen-bond acceptors (Lipinski definition) is 4. The lowest BCUT2D eigenvalue weighted by atomic mass is 9.90. The Labute approximate surface area is 124 Å². The summed E-state index contributed by atoms with van der Waals surface area (Å²) in [5.41, 5.74) is 7.18. The van der Waals surface area contributed by atoms with Crippen molar-refractivity contribution in [1.82, 2.24) is 4.37 Å². The molecule has 1 aromatic heterocycles. The molecule has 1 aliphatic carbocycles. The van der Waals surface area contributed by atoms with Crippen LogP contribution < -0.4 is 10.6 Å². The Morgan fingerprint density at radius 1 is 1.25 bits per heavy atom. The van der Waals surface area contributed by atoms with E-state index in [-0.39, 0.29) is 0 Å². The first kappa shape index (κ1) is 13.8. The molecule has 1 saturated carbocycles. The first-order valence-electron chi connectivity index (χ1n) is 7.66. The maximum atomic E-state index is 6.05. The second kappa shape index (κ2) is 6.10. The lowest BCUT2D eigenvalue weighted by molar-refractivity contribution is 0.376. The van der Waals surface area contributed by atoms with Crippen molar-refractivity contribution in [3.05, 3.63) is 24.3 Å². The standard InChI is InChI=1S/C16H23N3S/c1-2-11-19(13-9-7-12(17)8-10-13)16-14-5-3-4-6-15(14)18-20-16/h3-6,12-13H,2,7-11,17H2,1H3. The zero-order valence-corrected chi connectivity index (χ0v) is 12.9. The summed E-state index contributed by atoms with van der Waals surface area (Å²) in [7, 11) is 0. The van der Waals surface area contributed by atoms with Crippen LogP contribution in [-0.2, 0) is 0 Å². The van der Waals surface area contributed by atoms with Crippen molar-refractivity contribution in [2.45, 2.75) is 51.1 Å². The van der Waals surface area contributed by atoms with Gasteiger partial charge < -0.3 is 10.6 Å². The molecule has 1 fully saturated rings. The molecule has 0 unspecified atom stereocenters. The van der Waals surface area contributed by atoms with Gasteiger partial charge in [0.05, 0.1) is 5.52 Å². The predicted molar refractivity (Wildman–Crippen MR) is 87.5 cm³/mol. The third kappa shape index (κ3) is 2.67. The fourth-order valence-corrected chi connectivity index (χ4v) is 4.15. The Kier molecular flexibility index (Phi) is 4.22. The minimum atomic E-state index is 0.410. The van der Waals surface area contributed by atoms with Crippen LogP contribution in [0.25, 0.3) is 10.9 Å². The summed E-state index contributed by atoms with van der Waals surface area (Å²) in [6, 6.07) is 9.53. The van der Waals surface area contributed by atoms with Gasteiger partial charge in [0.25, 0.3) is 0 Å². The lowest BCUT2D eigenvalue weighted by Gasteiger charge is -2.36. The van der Waals surface area contributed by atoms with Crippen LogP contribution in [-0.4, -0.2) is 23.0 Å². The second-order valence-electron chi connectivity index (χ2n) is 5.77. The first-order chi connectivity index (χ1) is 9.79. The van der Waals surface area contributed by atoms with E-state index in [9.17, 15) is 0 Å². The molecule has 3 nitrogen and oxygen atoms in total. The van der Waals surface area contributed by atoms with Gasteiger partial charge in [0, 0.05) is 24.0 Å². The molecule has 108 valence electrons. The van der Waals surface area contributed by atoms with Crippen LogP contribution in [0.4, 0.5) is 5.00 Å². The van der Waals surface area contributed by atoms with Crippen molar-refractivity contribution < 1.29 is 0 Å². The normalized spacial score (nSPS) is 23.1. The highest BCUT2D eigenvalue weighted by Crippen LogP contribution is 2.35. The van der Waals surface area contributed by atoms with E-state index < -0.39 is 0 Å². The van der Waals surface area contributed by atoms with Crippen molar-refractivity contribution in [3.63, 3.8) is 0 Å². The van der Waals surface area contributed by atoms with Gasteiger partial charge in [0.2, 0.25) is 0 Å². The van der Waals surface area contributed by atoms with E-state index in [0.29, 0.717) is 12.1 Å². The van der Waals surface area contributed by atoms with Gasteiger partial charge in [0.15, 0.2) is 0 Å². The maximum Gasteiger partial charge on any atom is 0.120 e. The molecule has 0 radical (unpaired) electrons. The number of hydrogen-bond donors (Lipinski definition) is 1. The Morgan fingerprint density at radius 3 is 2.75 bits per heavy atom. The monoisotopic (exact) mass is 289 g/mol. The zero-order chi connectivity index (χ0) is 13.9. The topological polar surface area (TPSA) is 42.2 Å². The van der Waals surface area contributed by atoms with Gasteiger partial charge in [-0.2, -0.15) is 4.37 Å². The molecule has 0 atom stereocenters. The Hall–Kier alpha value is -1.13. The summed E-state index contributed by atoms with van der Waals surface area (Å²) in [5, 5.41) is 2.66. The quantitative estimate of drug-likeness (QED) is 0.931. The van der Waals surface area contributed by atoms with Crippen LogP contribution in [0.2, 0.25) is 0 Å². The van der Waals surface area contributed by atoms with Crippen LogP contribution in [0.15, 0.2) is 24.3 Å². The van der Waals surface area contributed by atoms with Gasteiger partial charge in [0.1, 0.15) is 5.00 Å². The molecule has 0 amide bonds. The van der Waals surface area contributed by atoms with Crippen molar-refractivity contribution in [2.24, 2.45) is 5.73 Å². The summed E-state index contributed by atoms with van der Waals surface area (Å²) in [5.74, 6) is 0. The third-order valence-electron chi connectivity index (χ3n) is 4.27. The predicted octanol–water partition coefficient (Wildman–Crippen LogP) is 3.78. The molecule has 2 aromatic rings. The largest absolute Gasteiger partial charge is 0.359 e. The minimum Gasteiger partial charge on any atom is -0.359 e. The SMILES string of the molecule is CCCN(c1snc2ccccc12)C1CCC(N)CC1. The van der Waals surface area contributed by atoms with E-state index in [4.69, 9.17) is 5.73 Å². The van der Waals surface area contributed by atoms with Gasteiger partial charge in [-0.05, 0) is 55.8 Å². The fraction of sp³-hybridized carbons (Fsp3) is 0.562. The summed E-state index contributed by atoms with van der Waals surface area (Å²) in [6.45, 7) is 3.37. The van der Waals surface area contributed by atoms with Gasteiger partial charge in [-0.3, -0.25) is 0 Å². The number of benzene rings is 1. The minimum absolute atomic E-state index is 0.410. The average molecular weight is 289 g/mol. The molecule has 1 aromatic carbocycles. The van der Waals surface area contributed by atoms with Crippen molar-refractivity contribution in [1.29, 1.82) is 0 Å². The Balaban J connectivity index is 1.90. The van der Waals surface area contributed by atoms with E-state index in [1.165, 1.54) is 29.6 Å². The average Bonchev–Trinajstić information content (AvgIpc) is 2.90. The Bertz CT molecular complexity index is 558. The third-order valence-corrected chi connectivity index (χ3v) is 5.19. The van der Waals surface area contributed by atoms with Gasteiger partial charge in [-0.15, -0.1) is 0 Å². The summed E-state index contributed by atoms with van der Waals surface area (Å²) >= 11 is 1.65. The van der Waals surface area contributed by atoms with Crippen molar-refractivity contribution in [2.75, 3.05) is 11.4 Å². The number of aromatic nitrogens is 1. The second-order valence-corrected chi connectivity index (χ2v) is 6.52. The number of nitrogens with two attached hydrogens (primary N) is 1. The summed E-state index contributed by atoms with van der Waals surface area (Å²) in [4.78, 5) is 2.59. The molecular weight excluding hydrogens is 266 g/mol. The lowest BCUT2D eigenvalue weighted by Crippen LogP contribution is -2.41. The molecule has 0 spiro atoms. The molecule has 4 heteroatoms. The van der Waals surface area contributed by atoms with Gasteiger partial charge >= 0.3 is 0 Å². The van der Waals surface area contributed by atoms with E-state index >= 15 is 0 Å². The highest BCUT2D eigenvalue weighted by Gasteiger charge is 2.26. The molecule has 20 heavy (non-hydrogen) atoms. The highest BCUT2D eigenvalue weighted by atomic mass is 32.1. The molecule has 1 heterocycles.